The van der Waals surface area contributed by atoms with Crippen LogP contribution in [0.5, 0.6) is 0 Å². The predicted octanol–water partition coefficient (Wildman–Crippen LogP) is 0.703. The average molecular weight is 239 g/mol. The normalized spacial score (nSPS) is 19.9. The summed E-state index contributed by atoms with van der Waals surface area (Å²) in [6.07, 6.45) is 4.15. The van der Waals surface area contributed by atoms with Crippen molar-refractivity contribution in [1.29, 1.82) is 0 Å². The summed E-state index contributed by atoms with van der Waals surface area (Å²) in [4.78, 5) is 15.5. The molecule has 4 nitrogen and oxygen atoms in total. The molecule has 1 unspecified atom stereocenters. The molecule has 1 saturated heterocycles. The first-order valence-electron chi connectivity index (χ1n) is 6.34. The zero-order valence-electron chi connectivity index (χ0n) is 11.3. The predicted molar refractivity (Wildman–Crippen MR) is 71.0 cm³/mol. The number of piperidine rings is 1. The summed E-state index contributed by atoms with van der Waals surface area (Å²) in [6, 6.07) is 0.934. The minimum Gasteiger partial charge on any atom is -0.348 e. The van der Waals surface area contributed by atoms with Gasteiger partial charge in [0.05, 0.1) is 6.54 Å². The number of hydrogen-bond acceptors (Lipinski definition) is 3. The first kappa shape index (κ1) is 14.2. The highest BCUT2D eigenvalue weighted by Crippen LogP contribution is 2.11. The van der Waals surface area contributed by atoms with Crippen LogP contribution in [0.15, 0.2) is 12.7 Å². The number of nitrogens with zero attached hydrogens (tertiary/aromatic N) is 2. The van der Waals surface area contributed by atoms with Gasteiger partial charge in [0.15, 0.2) is 0 Å². The fraction of sp³-hybridized carbons (Fsp3) is 0.769. The van der Waals surface area contributed by atoms with Crippen molar-refractivity contribution in [1.82, 2.24) is 15.1 Å². The van der Waals surface area contributed by atoms with Crippen molar-refractivity contribution in [2.24, 2.45) is 0 Å². The van der Waals surface area contributed by atoms with Crippen molar-refractivity contribution < 1.29 is 4.79 Å². The van der Waals surface area contributed by atoms with Gasteiger partial charge < -0.3 is 10.2 Å². The molecule has 0 saturated carbocycles. The van der Waals surface area contributed by atoms with E-state index in [1.165, 1.54) is 0 Å². The highest BCUT2D eigenvalue weighted by Gasteiger charge is 2.21. The Balaban J connectivity index is 2.26. The summed E-state index contributed by atoms with van der Waals surface area (Å²) in [5.74, 6) is 0.191. The average Bonchev–Trinajstić information content (AvgIpc) is 2.31. The molecule has 0 aromatic carbocycles. The van der Waals surface area contributed by atoms with E-state index in [9.17, 15) is 4.79 Å². The number of likely N-dealkylation sites (N-methyl/N-ethyl adjacent to an activating group) is 1. The molecular formula is C13H25N3O. The van der Waals surface area contributed by atoms with Crippen molar-refractivity contribution in [2.45, 2.75) is 31.8 Å². The maximum Gasteiger partial charge on any atom is 0.236 e. The van der Waals surface area contributed by atoms with Crippen LogP contribution in [0.2, 0.25) is 0 Å². The molecule has 98 valence electrons. The fourth-order valence-corrected chi connectivity index (χ4v) is 2.03. The molecule has 0 aromatic heterocycles. The molecule has 1 amide bonds. The first-order chi connectivity index (χ1) is 8.02. The molecule has 1 fully saturated rings. The van der Waals surface area contributed by atoms with Gasteiger partial charge in [0.2, 0.25) is 5.91 Å². The van der Waals surface area contributed by atoms with E-state index >= 15 is 0 Å². The molecule has 17 heavy (non-hydrogen) atoms. The van der Waals surface area contributed by atoms with E-state index in [2.05, 4.69) is 23.7 Å². The summed E-state index contributed by atoms with van der Waals surface area (Å²) < 4.78 is 0. The molecule has 1 heterocycles. The lowest BCUT2D eigenvalue weighted by Crippen LogP contribution is -2.47. The molecule has 0 spiro atoms. The van der Waals surface area contributed by atoms with Crippen molar-refractivity contribution >= 4 is 5.91 Å². The molecule has 1 atom stereocenters. The molecule has 1 aliphatic rings. The van der Waals surface area contributed by atoms with E-state index in [0.29, 0.717) is 18.6 Å². The highest BCUT2D eigenvalue weighted by atomic mass is 16.2. The van der Waals surface area contributed by atoms with Crippen LogP contribution in [0.25, 0.3) is 0 Å². The van der Waals surface area contributed by atoms with Gasteiger partial charge in [-0.15, -0.1) is 6.58 Å². The lowest BCUT2D eigenvalue weighted by Gasteiger charge is -2.33. The molecular weight excluding hydrogens is 214 g/mol. The standard InChI is InChI=1S/C13H25N3O/c1-5-11(2)14-12-6-8-16(9-7-12)10-13(17)15(3)4/h5,11-12,14H,1,6-10H2,2-4H3. The van der Waals surface area contributed by atoms with Crippen molar-refractivity contribution in [3.63, 3.8) is 0 Å². The highest BCUT2D eigenvalue weighted by molar-refractivity contribution is 5.77. The zero-order valence-corrected chi connectivity index (χ0v) is 11.3. The Morgan fingerprint density at radius 1 is 1.53 bits per heavy atom. The Bertz CT molecular complexity index is 257. The maximum absolute atomic E-state index is 11.6. The van der Waals surface area contributed by atoms with Crippen LogP contribution in [-0.4, -0.2) is 61.5 Å². The number of nitrogens with one attached hydrogen (secondary N) is 1. The second-order valence-corrected chi connectivity index (χ2v) is 5.03. The minimum absolute atomic E-state index is 0.191. The Morgan fingerprint density at radius 2 is 2.12 bits per heavy atom. The van der Waals surface area contributed by atoms with Gasteiger partial charge >= 0.3 is 0 Å². The minimum atomic E-state index is 0.191. The number of carbonyl (C=O) groups is 1. The first-order valence-corrected chi connectivity index (χ1v) is 6.34. The van der Waals surface area contributed by atoms with Gasteiger partial charge in [-0.3, -0.25) is 9.69 Å². The van der Waals surface area contributed by atoms with Crippen molar-refractivity contribution in [3.8, 4) is 0 Å². The quantitative estimate of drug-likeness (QED) is 0.718. The van der Waals surface area contributed by atoms with Crippen LogP contribution in [0, 0.1) is 0 Å². The Morgan fingerprint density at radius 3 is 2.59 bits per heavy atom. The topological polar surface area (TPSA) is 35.6 Å². The third-order valence-corrected chi connectivity index (χ3v) is 3.30. The summed E-state index contributed by atoms with van der Waals surface area (Å²) in [6.45, 7) is 8.45. The summed E-state index contributed by atoms with van der Waals surface area (Å²) in [7, 11) is 3.62. The van der Waals surface area contributed by atoms with Crippen LogP contribution < -0.4 is 5.32 Å². The third-order valence-electron chi connectivity index (χ3n) is 3.30. The SMILES string of the molecule is C=CC(C)NC1CCN(CC(=O)N(C)C)CC1. The number of hydrogen-bond donors (Lipinski definition) is 1. The smallest absolute Gasteiger partial charge is 0.236 e. The number of likely N-dealkylation sites (tertiary alicyclic amines) is 1. The molecule has 0 aromatic rings. The second-order valence-electron chi connectivity index (χ2n) is 5.03. The summed E-state index contributed by atoms with van der Waals surface area (Å²) in [5.41, 5.74) is 0. The van der Waals surface area contributed by atoms with Crippen molar-refractivity contribution in [2.75, 3.05) is 33.7 Å². The maximum atomic E-state index is 11.6. The Kier molecular flexibility index (Phi) is 5.65. The van der Waals surface area contributed by atoms with Crippen LogP contribution >= 0.6 is 0 Å². The van der Waals surface area contributed by atoms with Crippen molar-refractivity contribution in [3.05, 3.63) is 12.7 Å². The second kappa shape index (κ2) is 6.77. The molecule has 0 radical (unpaired) electrons. The number of carbonyl (C=O) groups excluding carboxylic acids is 1. The van der Waals surface area contributed by atoms with Crippen LogP contribution in [0.4, 0.5) is 0 Å². The fourth-order valence-electron chi connectivity index (χ4n) is 2.03. The van der Waals surface area contributed by atoms with Gasteiger partial charge in [0, 0.05) is 39.3 Å². The van der Waals surface area contributed by atoms with E-state index < -0.39 is 0 Å². The van der Waals surface area contributed by atoms with Gasteiger partial charge in [-0.1, -0.05) is 6.08 Å². The molecule has 0 aliphatic carbocycles. The molecule has 4 heteroatoms. The summed E-state index contributed by atoms with van der Waals surface area (Å²) in [5, 5.41) is 3.53. The third kappa shape index (κ3) is 4.88. The van der Waals surface area contributed by atoms with E-state index in [1.54, 1.807) is 4.90 Å². The monoisotopic (exact) mass is 239 g/mol. The Hall–Kier alpha value is -0.870. The van der Waals surface area contributed by atoms with E-state index in [1.807, 2.05) is 20.2 Å². The van der Waals surface area contributed by atoms with Gasteiger partial charge in [-0.05, 0) is 19.8 Å². The van der Waals surface area contributed by atoms with E-state index in [4.69, 9.17) is 0 Å². The molecule has 1 aliphatic heterocycles. The summed E-state index contributed by atoms with van der Waals surface area (Å²) >= 11 is 0. The molecule has 1 rings (SSSR count). The lowest BCUT2D eigenvalue weighted by molar-refractivity contribution is -0.130. The molecule has 1 N–H and O–H groups in total. The van der Waals surface area contributed by atoms with E-state index in [0.717, 1.165) is 25.9 Å². The van der Waals surface area contributed by atoms with Crippen LogP contribution in [0.1, 0.15) is 19.8 Å². The van der Waals surface area contributed by atoms with Gasteiger partial charge in [0.25, 0.3) is 0 Å². The largest absolute Gasteiger partial charge is 0.348 e. The molecule has 0 bridgehead atoms. The number of rotatable bonds is 5. The van der Waals surface area contributed by atoms with E-state index in [-0.39, 0.29) is 5.91 Å². The van der Waals surface area contributed by atoms with Gasteiger partial charge in [-0.2, -0.15) is 0 Å². The van der Waals surface area contributed by atoms with Crippen LogP contribution in [0.3, 0.4) is 0 Å². The van der Waals surface area contributed by atoms with Gasteiger partial charge in [0.1, 0.15) is 0 Å². The zero-order chi connectivity index (χ0) is 12.8. The van der Waals surface area contributed by atoms with Gasteiger partial charge in [-0.25, -0.2) is 0 Å². The lowest BCUT2D eigenvalue weighted by atomic mass is 10.0. The van der Waals surface area contributed by atoms with Crippen LogP contribution in [-0.2, 0) is 4.79 Å². The number of amides is 1. The Labute approximate surface area is 105 Å².